The Labute approximate surface area is 170 Å². The van der Waals surface area contributed by atoms with Crippen LogP contribution in [0, 0.1) is 27.2 Å². The second-order valence-electron chi connectivity index (χ2n) is 6.31. The number of nitro groups is 2. The van der Waals surface area contributed by atoms with Crippen LogP contribution < -0.4 is 5.43 Å². The summed E-state index contributed by atoms with van der Waals surface area (Å²) < 4.78 is 5.62. The van der Waals surface area contributed by atoms with Crippen LogP contribution >= 0.6 is 0 Å². The highest BCUT2D eigenvalue weighted by Crippen LogP contribution is 2.28. The monoisotopic (exact) mass is 408 g/mol. The van der Waals surface area contributed by atoms with E-state index in [1.165, 1.54) is 36.5 Å². The van der Waals surface area contributed by atoms with E-state index in [2.05, 4.69) is 10.5 Å². The number of hydrogen-bond donors (Lipinski definition) is 1. The summed E-state index contributed by atoms with van der Waals surface area (Å²) in [6.07, 6.45) is 1.07. The van der Waals surface area contributed by atoms with Crippen molar-refractivity contribution in [2.24, 2.45) is 5.10 Å². The van der Waals surface area contributed by atoms with Crippen molar-refractivity contribution in [3.05, 3.63) is 91.7 Å². The smallest absolute Gasteiger partial charge is 0.273 e. The number of non-ortho nitro benzene ring substituents is 1. The maximum absolute atomic E-state index is 12.0. The van der Waals surface area contributed by atoms with Crippen LogP contribution in [0.25, 0.3) is 11.3 Å². The van der Waals surface area contributed by atoms with Crippen molar-refractivity contribution in [2.75, 3.05) is 0 Å². The van der Waals surface area contributed by atoms with Crippen LogP contribution in [-0.4, -0.2) is 22.0 Å². The van der Waals surface area contributed by atoms with Crippen molar-refractivity contribution in [1.29, 1.82) is 0 Å². The zero-order chi connectivity index (χ0) is 21.7. The van der Waals surface area contributed by atoms with Gasteiger partial charge in [0, 0.05) is 29.3 Å². The summed E-state index contributed by atoms with van der Waals surface area (Å²) in [6.45, 7) is 1.80. The molecule has 0 aliphatic carbocycles. The van der Waals surface area contributed by atoms with E-state index in [0.717, 1.165) is 5.56 Å². The first-order valence-corrected chi connectivity index (χ1v) is 8.74. The summed E-state index contributed by atoms with van der Waals surface area (Å²) >= 11 is 0. The molecule has 10 heteroatoms. The second kappa shape index (κ2) is 8.78. The maximum atomic E-state index is 12.0. The first-order valence-electron chi connectivity index (χ1n) is 8.74. The number of hydrogen-bond acceptors (Lipinski definition) is 7. The third-order valence-corrected chi connectivity index (χ3v) is 4.24. The molecule has 152 valence electrons. The fourth-order valence-corrected chi connectivity index (χ4v) is 2.77. The molecule has 3 rings (SSSR count). The molecule has 1 heterocycles. The number of para-hydroxylation sites is 1. The van der Waals surface area contributed by atoms with E-state index >= 15 is 0 Å². The van der Waals surface area contributed by atoms with E-state index in [1.807, 2.05) is 0 Å². The molecule has 2 aromatic carbocycles. The number of aryl methyl sites for hydroxylation is 1. The normalized spacial score (nSPS) is 10.8. The Kier molecular flexibility index (Phi) is 5.97. The van der Waals surface area contributed by atoms with Crippen molar-refractivity contribution in [3.63, 3.8) is 0 Å². The van der Waals surface area contributed by atoms with E-state index in [1.54, 1.807) is 31.2 Å². The number of amides is 1. The van der Waals surface area contributed by atoms with Gasteiger partial charge in [-0.1, -0.05) is 24.3 Å². The minimum absolute atomic E-state index is 0.0514. The minimum atomic E-state index is -0.549. The number of rotatable bonds is 7. The third-order valence-electron chi connectivity index (χ3n) is 4.24. The number of furan rings is 1. The molecule has 3 aromatic rings. The molecule has 0 spiro atoms. The van der Waals surface area contributed by atoms with Crippen LogP contribution in [0.2, 0.25) is 0 Å². The van der Waals surface area contributed by atoms with Gasteiger partial charge in [0.2, 0.25) is 5.91 Å². The third kappa shape index (κ3) is 4.73. The molecule has 10 nitrogen and oxygen atoms in total. The molecule has 0 fully saturated rings. The Hall–Kier alpha value is -4.34. The average Bonchev–Trinajstić information content (AvgIpc) is 3.17. The van der Waals surface area contributed by atoms with Crippen molar-refractivity contribution < 1.29 is 19.1 Å². The fourth-order valence-electron chi connectivity index (χ4n) is 2.77. The Balaban J connectivity index is 1.67. The Morgan fingerprint density at radius 3 is 2.60 bits per heavy atom. The van der Waals surface area contributed by atoms with Gasteiger partial charge < -0.3 is 4.42 Å². The van der Waals surface area contributed by atoms with Crippen LogP contribution in [-0.2, 0) is 11.2 Å². The van der Waals surface area contributed by atoms with Crippen molar-refractivity contribution >= 4 is 23.5 Å². The first kappa shape index (κ1) is 20.4. The lowest BCUT2D eigenvalue weighted by atomic mass is 10.1. The Bertz CT molecular complexity index is 1150. The first-order chi connectivity index (χ1) is 14.3. The number of nitrogens with zero attached hydrogens (tertiary/aromatic N) is 3. The van der Waals surface area contributed by atoms with E-state index in [0.29, 0.717) is 17.1 Å². The number of carbonyl (C=O) groups excluding carboxylic acids is 1. The Morgan fingerprint density at radius 1 is 1.10 bits per heavy atom. The molecule has 0 bridgehead atoms. The molecular formula is C20H16N4O6. The molecule has 1 N–H and O–H groups in total. The molecule has 0 radical (unpaired) electrons. The second-order valence-corrected chi connectivity index (χ2v) is 6.31. The lowest BCUT2D eigenvalue weighted by molar-refractivity contribution is -0.385. The van der Waals surface area contributed by atoms with Gasteiger partial charge in [0.25, 0.3) is 11.4 Å². The number of hydrazone groups is 1. The van der Waals surface area contributed by atoms with Crippen LogP contribution in [0.15, 0.2) is 64.1 Å². The van der Waals surface area contributed by atoms with E-state index in [-0.39, 0.29) is 23.4 Å². The molecule has 1 aromatic heterocycles. The van der Waals surface area contributed by atoms with Gasteiger partial charge in [0.1, 0.15) is 11.5 Å². The standard InChI is InChI=1S/C20H16N4O6/c1-13-6-7-15(23(26)27)11-17(13)19-9-8-16(30-19)12-21-22-20(25)10-14-4-2-3-5-18(14)24(28)29/h2-9,11-12H,10H2,1H3,(H,22,25)/b21-12+. The summed E-state index contributed by atoms with van der Waals surface area (Å²) in [5.41, 5.74) is 3.75. The quantitative estimate of drug-likeness (QED) is 0.358. The molecular weight excluding hydrogens is 392 g/mol. The summed E-state index contributed by atoms with van der Waals surface area (Å²) in [7, 11) is 0. The van der Waals surface area contributed by atoms with Gasteiger partial charge >= 0.3 is 0 Å². The van der Waals surface area contributed by atoms with E-state index < -0.39 is 15.8 Å². The fraction of sp³-hybridized carbons (Fsp3) is 0.100. The van der Waals surface area contributed by atoms with Crippen LogP contribution in [0.1, 0.15) is 16.9 Å². The number of benzene rings is 2. The lowest BCUT2D eigenvalue weighted by Gasteiger charge is -2.02. The van der Waals surface area contributed by atoms with E-state index in [4.69, 9.17) is 4.42 Å². The van der Waals surface area contributed by atoms with Crippen molar-refractivity contribution in [2.45, 2.75) is 13.3 Å². The van der Waals surface area contributed by atoms with Crippen LogP contribution in [0.5, 0.6) is 0 Å². The van der Waals surface area contributed by atoms with Gasteiger partial charge in [-0.3, -0.25) is 25.0 Å². The van der Waals surface area contributed by atoms with E-state index in [9.17, 15) is 25.0 Å². The molecule has 0 aliphatic heterocycles. The lowest BCUT2D eigenvalue weighted by Crippen LogP contribution is -2.20. The Morgan fingerprint density at radius 2 is 1.87 bits per heavy atom. The predicted molar refractivity (Wildman–Crippen MR) is 108 cm³/mol. The van der Waals surface area contributed by atoms with Crippen LogP contribution in [0.3, 0.4) is 0 Å². The zero-order valence-electron chi connectivity index (χ0n) is 15.8. The van der Waals surface area contributed by atoms with Gasteiger partial charge in [-0.15, -0.1) is 0 Å². The highest BCUT2D eigenvalue weighted by atomic mass is 16.6. The SMILES string of the molecule is Cc1ccc([N+](=O)[O-])cc1-c1ccc(/C=N/NC(=O)Cc2ccccc2[N+](=O)[O-])o1. The minimum Gasteiger partial charge on any atom is -0.455 e. The molecule has 1 amide bonds. The van der Waals surface area contributed by atoms with Gasteiger partial charge in [0.15, 0.2) is 0 Å². The van der Waals surface area contributed by atoms with Gasteiger partial charge in [-0.25, -0.2) is 5.43 Å². The highest BCUT2D eigenvalue weighted by Gasteiger charge is 2.15. The molecule has 0 unspecified atom stereocenters. The van der Waals surface area contributed by atoms with Crippen molar-refractivity contribution in [3.8, 4) is 11.3 Å². The molecule has 30 heavy (non-hydrogen) atoms. The zero-order valence-corrected chi connectivity index (χ0v) is 15.8. The van der Waals surface area contributed by atoms with Gasteiger partial charge in [0.05, 0.1) is 22.5 Å². The summed E-state index contributed by atoms with van der Waals surface area (Å²) in [5, 5.41) is 25.8. The number of nitro benzene ring substituents is 2. The molecule has 0 aliphatic rings. The average molecular weight is 408 g/mol. The van der Waals surface area contributed by atoms with Crippen molar-refractivity contribution in [1.82, 2.24) is 5.43 Å². The highest BCUT2D eigenvalue weighted by molar-refractivity contribution is 5.83. The summed E-state index contributed by atoms with van der Waals surface area (Å²) in [4.78, 5) is 32.9. The van der Waals surface area contributed by atoms with Crippen LogP contribution in [0.4, 0.5) is 11.4 Å². The largest absolute Gasteiger partial charge is 0.455 e. The maximum Gasteiger partial charge on any atom is 0.273 e. The van der Waals surface area contributed by atoms with Gasteiger partial charge in [-0.05, 0) is 24.6 Å². The predicted octanol–water partition coefficient (Wildman–Crippen LogP) is 3.76. The number of nitrogens with one attached hydrogen (secondary N) is 1. The van der Waals surface area contributed by atoms with Gasteiger partial charge in [-0.2, -0.15) is 5.10 Å². The summed E-state index contributed by atoms with van der Waals surface area (Å²) in [6, 6.07) is 13.7. The molecule has 0 saturated heterocycles. The topological polar surface area (TPSA) is 141 Å². The molecule has 0 saturated carbocycles. The number of carbonyl (C=O) groups is 1. The molecule has 0 atom stereocenters. The summed E-state index contributed by atoms with van der Waals surface area (Å²) in [5.74, 6) is 0.215.